The molecule has 1 aromatic carbocycles. The second kappa shape index (κ2) is 7.96. The van der Waals surface area contributed by atoms with Crippen molar-refractivity contribution in [2.45, 2.75) is 44.4 Å². The maximum atomic E-state index is 12.8. The number of carbonyl (C=O) groups excluding carboxylic acids is 1. The Labute approximate surface area is 142 Å². The number of anilines is 1. The molecule has 1 aliphatic heterocycles. The van der Waals surface area contributed by atoms with Gasteiger partial charge in [0.05, 0.1) is 26.9 Å². The SMILES string of the molecule is COc1ccc(NC(=O)C2COCCN2C2CCCC2)cc1CO. The van der Waals surface area contributed by atoms with Crippen LogP contribution in [0.1, 0.15) is 31.2 Å². The number of hydrogen-bond acceptors (Lipinski definition) is 5. The number of carbonyl (C=O) groups is 1. The second-order valence-corrected chi connectivity index (χ2v) is 6.44. The lowest BCUT2D eigenvalue weighted by atomic mass is 10.1. The Morgan fingerprint density at radius 2 is 2.21 bits per heavy atom. The Hall–Kier alpha value is -1.63. The molecule has 2 aliphatic rings. The largest absolute Gasteiger partial charge is 0.496 e. The minimum absolute atomic E-state index is 0.0457. The number of nitrogens with one attached hydrogen (secondary N) is 1. The number of morpholine rings is 1. The van der Waals surface area contributed by atoms with E-state index in [0.717, 1.165) is 6.54 Å². The van der Waals surface area contributed by atoms with Crippen LogP contribution in [-0.2, 0) is 16.1 Å². The first kappa shape index (κ1) is 17.2. The molecule has 1 unspecified atom stereocenters. The number of benzene rings is 1. The first-order valence-electron chi connectivity index (χ1n) is 8.65. The fraction of sp³-hybridized carbons (Fsp3) is 0.611. The third-order valence-electron chi connectivity index (χ3n) is 4.98. The number of aliphatic hydroxyl groups is 1. The summed E-state index contributed by atoms with van der Waals surface area (Å²) in [6, 6.07) is 5.54. The van der Waals surface area contributed by atoms with Gasteiger partial charge in [-0.15, -0.1) is 0 Å². The van der Waals surface area contributed by atoms with Crippen molar-refractivity contribution in [3.8, 4) is 5.75 Å². The molecule has 3 rings (SSSR count). The molecular formula is C18H26N2O4. The number of rotatable bonds is 5. The fourth-order valence-corrected chi connectivity index (χ4v) is 3.72. The molecular weight excluding hydrogens is 308 g/mol. The summed E-state index contributed by atoms with van der Waals surface area (Å²) in [4.78, 5) is 15.1. The molecule has 1 heterocycles. The van der Waals surface area contributed by atoms with Gasteiger partial charge in [0.2, 0.25) is 5.91 Å². The zero-order valence-electron chi connectivity index (χ0n) is 14.2. The summed E-state index contributed by atoms with van der Waals surface area (Å²) >= 11 is 0. The molecule has 1 atom stereocenters. The maximum absolute atomic E-state index is 12.8. The van der Waals surface area contributed by atoms with Gasteiger partial charge in [-0.25, -0.2) is 0 Å². The van der Waals surface area contributed by atoms with Crippen LogP contribution in [-0.4, -0.2) is 54.9 Å². The lowest BCUT2D eigenvalue weighted by Crippen LogP contribution is -2.55. The van der Waals surface area contributed by atoms with Gasteiger partial charge in [0.15, 0.2) is 0 Å². The standard InChI is InChI=1S/C18H26N2O4/c1-23-17-7-6-14(10-13(17)11-21)19-18(22)16-12-24-9-8-20(16)15-4-2-3-5-15/h6-7,10,15-16,21H,2-5,8-9,11-12H2,1H3,(H,19,22). The van der Waals surface area contributed by atoms with E-state index in [1.54, 1.807) is 25.3 Å². The molecule has 132 valence electrons. The van der Waals surface area contributed by atoms with Gasteiger partial charge in [-0.1, -0.05) is 12.8 Å². The van der Waals surface area contributed by atoms with Gasteiger partial charge in [-0.2, -0.15) is 0 Å². The van der Waals surface area contributed by atoms with E-state index in [-0.39, 0.29) is 18.6 Å². The highest BCUT2D eigenvalue weighted by Crippen LogP contribution is 2.27. The van der Waals surface area contributed by atoms with Crippen LogP contribution >= 0.6 is 0 Å². The molecule has 1 aromatic rings. The molecule has 6 heteroatoms. The summed E-state index contributed by atoms with van der Waals surface area (Å²) < 4.78 is 10.7. The molecule has 1 saturated heterocycles. The van der Waals surface area contributed by atoms with Crippen LogP contribution in [0, 0.1) is 0 Å². The zero-order valence-corrected chi connectivity index (χ0v) is 14.2. The van der Waals surface area contributed by atoms with Gasteiger partial charge in [-0.3, -0.25) is 9.69 Å². The van der Waals surface area contributed by atoms with Crippen molar-refractivity contribution in [2.75, 3.05) is 32.2 Å². The summed E-state index contributed by atoms with van der Waals surface area (Å²) in [5.41, 5.74) is 1.32. The lowest BCUT2D eigenvalue weighted by Gasteiger charge is -2.38. The topological polar surface area (TPSA) is 71.0 Å². The van der Waals surface area contributed by atoms with E-state index < -0.39 is 0 Å². The minimum atomic E-state index is -0.249. The Morgan fingerprint density at radius 3 is 2.92 bits per heavy atom. The smallest absolute Gasteiger partial charge is 0.244 e. The monoisotopic (exact) mass is 334 g/mol. The molecule has 6 nitrogen and oxygen atoms in total. The van der Waals surface area contributed by atoms with E-state index >= 15 is 0 Å². The normalized spacial score (nSPS) is 22.5. The van der Waals surface area contributed by atoms with Crippen LogP contribution in [0.25, 0.3) is 0 Å². The summed E-state index contributed by atoms with van der Waals surface area (Å²) in [6.45, 7) is 1.81. The first-order valence-corrected chi connectivity index (χ1v) is 8.65. The van der Waals surface area contributed by atoms with Gasteiger partial charge < -0.3 is 19.9 Å². The van der Waals surface area contributed by atoms with Crippen molar-refractivity contribution in [3.63, 3.8) is 0 Å². The number of aliphatic hydroxyl groups excluding tert-OH is 1. The zero-order chi connectivity index (χ0) is 16.9. The van der Waals surface area contributed by atoms with Crippen molar-refractivity contribution in [1.29, 1.82) is 0 Å². The Kier molecular flexibility index (Phi) is 5.71. The molecule has 24 heavy (non-hydrogen) atoms. The predicted octanol–water partition coefficient (Wildman–Crippen LogP) is 1.77. The number of methoxy groups -OCH3 is 1. The number of hydrogen-bond donors (Lipinski definition) is 2. The Bertz CT molecular complexity index is 572. The minimum Gasteiger partial charge on any atom is -0.496 e. The van der Waals surface area contributed by atoms with E-state index in [9.17, 15) is 9.90 Å². The van der Waals surface area contributed by atoms with E-state index in [0.29, 0.717) is 36.3 Å². The molecule has 0 aromatic heterocycles. The average molecular weight is 334 g/mol. The third-order valence-corrected chi connectivity index (χ3v) is 4.98. The van der Waals surface area contributed by atoms with Gasteiger partial charge in [-0.05, 0) is 31.0 Å². The molecule has 0 radical (unpaired) electrons. The van der Waals surface area contributed by atoms with Gasteiger partial charge in [0, 0.05) is 23.8 Å². The maximum Gasteiger partial charge on any atom is 0.244 e. The highest BCUT2D eigenvalue weighted by atomic mass is 16.5. The van der Waals surface area contributed by atoms with Crippen LogP contribution in [0.2, 0.25) is 0 Å². The highest BCUT2D eigenvalue weighted by molar-refractivity contribution is 5.95. The van der Waals surface area contributed by atoms with E-state index in [2.05, 4.69) is 10.2 Å². The first-order chi connectivity index (χ1) is 11.7. The Morgan fingerprint density at radius 1 is 1.42 bits per heavy atom. The molecule has 1 amide bonds. The van der Waals surface area contributed by atoms with Crippen LogP contribution in [0.5, 0.6) is 5.75 Å². The van der Waals surface area contributed by atoms with Crippen molar-refractivity contribution < 1.29 is 19.4 Å². The molecule has 1 aliphatic carbocycles. The number of nitrogens with zero attached hydrogens (tertiary/aromatic N) is 1. The molecule has 2 N–H and O–H groups in total. The van der Waals surface area contributed by atoms with Crippen molar-refractivity contribution >= 4 is 11.6 Å². The summed E-state index contributed by atoms with van der Waals surface area (Å²) in [7, 11) is 1.56. The van der Waals surface area contributed by atoms with E-state index in [4.69, 9.17) is 9.47 Å². The number of ether oxygens (including phenoxy) is 2. The van der Waals surface area contributed by atoms with Crippen molar-refractivity contribution in [2.24, 2.45) is 0 Å². The second-order valence-electron chi connectivity index (χ2n) is 6.44. The fourth-order valence-electron chi connectivity index (χ4n) is 3.72. The molecule has 2 fully saturated rings. The summed E-state index contributed by atoms with van der Waals surface area (Å²) in [5.74, 6) is 0.569. The molecule has 0 spiro atoms. The lowest BCUT2D eigenvalue weighted by molar-refractivity contribution is -0.129. The van der Waals surface area contributed by atoms with Crippen LogP contribution in [0.4, 0.5) is 5.69 Å². The van der Waals surface area contributed by atoms with Crippen LogP contribution < -0.4 is 10.1 Å². The van der Waals surface area contributed by atoms with Crippen molar-refractivity contribution in [1.82, 2.24) is 4.90 Å². The van der Waals surface area contributed by atoms with Gasteiger partial charge in [0.25, 0.3) is 0 Å². The van der Waals surface area contributed by atoms with Gasteiger partial charge >= 0.3 is 0 Å². The van der Waals surface area contributed by atoms with E-state index in [1.807, 2.05) is 0 Å². The summed E-state index contributed by atoms with van der Waals surface area (Å²) in [6.07, 6.45) is 4.82. The number of amides is 1. The quantitative estimate of drug-likeness (QED) is 0.859. The third kappa shape index (κ3) is 3.71. The van der Waals surface area contributed by atoms with Gasteiger partial charge in [0.1, 0.15) is 11.8 Å². The van der Waals surface area contributed by atoms with Crippen molar-refractivity contribution in [3.05, 3.63) is 23.8 Å². The highest BCUT2D eigenvalue weighted by Gasteiger charge is 2.35. The van der Waals surface area contributed by atoms with Crippen LogP contribution in [0.3, 0.4) is 0 Å². The Balaban J connectivity index is 1.70. The summed E-state index contributed by atoms with van der Waals surface area (Å²) in [5, 5.41) is 12.4. The molecule has 1 saturated carbocycles. The van der Waals surface area contributed by atoms with Crippen LogP contribution in [0.15, 0.2) is 18.2 Å². The van der Waals surface area contributed by atoms with E-state index in [1.165, 1.54) is 25.7 Å². The predicted molar refractivity (Wildman–Crippen MR) is 91.1 cm³/mol. The average Bonchev–Trinajstić information content (AvgIpc) is 3.16. The molecule has 0 bridgehead atoms.